The smallest absolute Gasteiger partial charge is 0.0863 e. The van der Waals surface area contributed by atoms with Crippen LogP contribution in [0.5, 0.6) is 0 Å². The van der Waals surface area contributed by atoms with Gasteiger partial charge in [-0.05, 0) is 40.0 Å². The Balaban J connectivity index is 2.82. The molecule has 0 spiro atoms. The van der Waals surface area contributed by atoms with Crippen molar-refractivity contribution in [2.75, 3.05) is 0 Å². The first-order valence-electron chi connectivity index (χ1n) is 4.94. The van der Waals surface area contributed by atoms with Crippen LogP contribution in [0.3, 0.4) is 0 Å². The lowest BCUT2D eigenvalue weighted by molar-refractivity contribution is 0.830. The van der Waals surface area contributed by atoms with Crippen LogP contribution in [-0.2, 0) is 0 Å². The number of halogens is 3. The summed E-state index contributed by atoms with van der Waals surface area (Å²) in [5.74, 6) is 0.373. The molecule has 4 heteroatoms. The Labute approximate surface area is 116 Å². The van der Waals surface area contributed by atoms with Crippen molar-refractivity contribution in [2.45, 2.75) is 19.8 Å². The molecule has 0 unspecified atom stereocenters. The lowest BCUT2D eigenvalue weighted by Gasteiger charge is -2.09. The van der Waals surface area contributed by atoms with Crippen molar-refractivity contribution in [3.05, 3.63) is 37.9 Å². The summed E-state index contributed by atoms with van der Waals surface area (Å²) >= 11 is 13.2. The molecular formula is C12H10Br2ClN. The zero-order chi connectivity index (χ0) is 11.9. The van der Waals surface area contributed by atoms with Gasteiger partial charge in [-0.15, -0.1) is 0 Å². The lowest BCUT2D eigenvalue weighted by Crippen LogP contribution is -1.94. The average molecular weight is 363 g/mol. The quantitative estimate of drug-likeness (QED) is 0.648. The number of pyridine rings is 1. The highest BCUT2D eigenvalue weighted by molar-refractivity contribution is 9.11. The monoisotopic (exact) mass is 361 g/mol. The first kappa shape index (κ1) is 12.3. The van der Waals surface area contributed by atoms with E-state index in [1.54, 1.807) is 0 Å². The molecule has 0 fully saturated rings. The third-order valence-corrected chi connectivity index (χ3v) is 3.77. The van der Waals surface area contributed by atoms with Gasteiger partial charge in [0.1, 0.15) is 0 Å². The summed E-state index contributed by atoms with van der Waals surface area (Å²) in [6, 6.07) is 5.91. The van der Waals surface area contributed by atoms with Crippen molar-refractivity contribution >= 4 is 54.4 Å². The third-order valence-electron chi connectivity index (χ3n) is 2.39. The molecule has 0 aliphatic rings. The van der Waals surface area contributed by atoms with Gasteiger partial charge < -0.3 is 0 Å². The molecular weight excluding hydrogens is 353 g/mol. The normalized spacial score (nSPS) is 11.4. The molecule has 0 aliphatic heterocycles. The van der Waals surface area contributed by atoms with Gasteiger partial charge in [-0.3, -0.25) is 4.98 Å². The van der Waals surface area contributed by atoms with E-state index in [0.717, 1.165) is 30.6 Å². The SMILES string of the molecule is CC(C)c1cc(Cl)c2cc(Br)cc(Br)c2n1. The second-order valence-corrected chi connectivity index (χ2v) is 6.14. The second kappa shape index (κ2) is 4.63. The molecule has 0 N–H and O–H groups in total. The predicted molar refractivity (Wildman–Crippen MR) is 76.2 cm³/mol. The molecule has 0 aliphatic carbocycles. The van der Waals surface area contributed by atoms with Crippen LogP contribution in [-0.4, -0.2) is 4.98 Å². The lowest BCUT2D eigenvalue weighted by atomic mass is 10.1. The molecule has 1 nitrogen and oxygen atoms in total. The van der Waals surface area contributed by atoms with Gasteiger partial charge in [-0.1, -0.05) is 41.4 Å². The Kier molecular flexibility index (Phi) is 3.57. The van der Waals surface area contributed by atoms with Gasteiger partial charge in [-0.2, -0.15) is 0 Å². The molecule has 1 heterocycles. The summed E-state index contributed by atoms with van der Waals surface area (Å²) in [7, 11) is 0. The van der Waals surface area contributed by atoms with Crippen molar-refractivity contribution in [1.29, 1.82) is 0 Å². The highest BCUT2D eigenvalue weighted by Crippen LogP contribution is 2.33. The molecule has 16 heavy (non-hydrogen) atoms. The van der Waals surface area contributed by atoms with Gasteiger partial charge in [0.2, 0.25) is 0 Å². The molecule has 1 aromatic heterocycles. The van der Waals surface area contributed by atoms with Crippen LogP contribution in [0.2, 0.25) is 5.02 Å². The van der Waals surface area contributed by atoms with Gasteiger partial charge in [0, 0.05) is 20.0 Å². The first-order valence-corrected chi connectivity index (χ1v) is 6.90. The number of fused-ring (bicyclic) bond motifs is 1. The van der Waals surface area contributed by atoms with Crippen molar-refractivity contribution in [1.82, 2.24) is 4.98 Å². The van der Waals surface area contributed by atoms with E-state index in [2.05, 4.69) is 50.7 Å². The summed E-state index contributed by atoms with van der Waals surface area (Å²) in [4.78, 5) is 4.62. The van der Waals surface area contributed by atoms with E-state index in [9.17, 15) is 0 Å². The average Bonchev–Trinajstić information content (AvgIpc) is 2.19. The zero-order valence-corrected chi connectivity index (χ0v) is 12.8. The molecule has 84 valence electrons. The Morgan fingerprint density at radius 1 is 1.19 bits per heavy atom. The van der Waals surface area contributed by atoms with Crippen LogP contribution in [0.15, 0.2) is 27.1 Å². The molecule has 2 aromatic rings. The van der Waals surface area contributed by atoms with Crippen molar-refractivity contribution in [3.63, 3.8) is 0 Å². The predicted octanol–water partition coefficient (Wildman–Crippen LogP) is 5.54. The Morgan fingerprint density at radius 3 is 2.50 bits per heavy atom. The fourth-order valence-electron chi connectivity index (χ4n) is 1.53. The van der Waals surface area contributed by atoms with Gasteiger partial charge in [0.25, 0.3) is 0 Å². The topological polar surface area (TPSA) is 12.9 Å². The minimum absolute atomic E-state index is 0.373. The maximum Gasteiger partial charge on any atom is 0.0863 e. The first-order chi connectivity index (χ1) is 7.49. The van der Waals surface area contributed by atoms with E-state index >= 15 is 0 Å². The number of hydrogen-bond donors (Lipinski definition) is 0. The standard InChI is InChI=1S/C12H10Br2ClN/c1-6(2)11-5-10(15)8-3-7(13)4-9(14)12(8)16-11/h3-6H,1-2H3. The van der Waals surface area contributed by atoms with E-state index in [-0.39, 0.29) is 0 Å². The third kappa shape index (κ3) is 2.27. The van der Waals surface area contributed by atoms with Gasteiger partial charge in [-0.25, -0.2) is 0 Å². The summed E-state index contributed by atoms with van der Waals surface area (Å²) < 4.78 is 1.95. The maximum absolute atomic E-state index is 6.27. The number of aromatic nitrogens is 1. The van der Waals surface area contributed by atoms with Crippen molar-refractivity contribution in [2.24, 2.45) is 0 Å². The fraction of sp³-hybridized carbons (Fsp3) is 0.250. The zero-order valence-electron chi connectivity index (χ0n) is 8.89. The van der Waals surface area contributed by atoms with Crippen molar-refractivity contribution in [3.8, 4) is 0 Å². The fourth-order valence-corrected chi connectivity index (χ4v) is 3.10. The number of nitrogens with zero attached hydrogens (tertiary/aromatic N) is 1. The van der Waals surface area contributed by atoms with Crippen LogP contribution in [0.25, 0.3) is 10.9 Å². The Morgan fingerprint density at radius 2 is 1.88 bits per heavy atom. The van der Waals surface area contributed by atoms with Gasteiger partial charge >= 0.3 is 0 Å². The second-order valence-electron chi connectivity index (χ2n) is 3.97. The molecule has 0 atom stereocenters. The number of rotatable bonds is 1. The highest BCUT2D eigenvalue weighted by Gasteiger charge is 2.10. The van der Waals surface area contributed by atoms with Gasteiger partial charge in [0.05, 0.1) is 10.5 Å². The summed E-state index contributed by atoms with van der Waals surface area (Å²) in [6.07, 6.45) is 0. The molecule has 0 saturated carbocycles. The minimum atomic E-state index is 0.373. The van der Waals surface area contributed by atoms with E-state index in [1.165, 1.54) is 0 Å². The van der Waals surface area contributed by atoms with Crippen molar-refractivity contribution < 1.29 is 0 Å². The van der Waals surface area contributed by atoms with E-state index < -0.39 is 0 Å². The Hall–Kier alpha value is -0.120. The molecule has 0 saturated heterocycles. The molecule has 0 radical (unpaired) electrons. The largest absolute Gasteiger partial charge is 0.251 e. The minimum Gasteiger partial charge on any atom is -0.251 e. The van der Waals surface area contributed by atoms with Crippen LogP contribution in [0.1, 0.15) is 25.5 Å². The summed E-state index contributed by atoms with van der Waals surface area (Å²) in [5.41, 5.74) is 1.93. The molecule has 0 amide bonds. The van der Waals surface area contributed by atoms with E-state index in [4.69, 9.17) is 11.6 Å². The van der Waals surface area contributed by atoms with E-state index in [0.29, 0.717) is 5.92 Å². The van der Waals surface area contributed by atoms with E-state index in [1.807, 2.05) is 18.2 Å². The number of benzene rings is 1. The summed E-state index contributed by atoms with van der Waals surface area (Å²) in [6.45, 7) is 4.22. The van der Waals surface area contributed by atoms with Crippen LogP contribution >= 0.6 is 43.5 Å². The van der Waals surface area contributed by atoms with Crippen LogP contribution < -0.4 is 0 Å². The number of hydrogen-bond acceptors (Lipinski definition) is 1. The summed E-state index contributed by atoms with van der Waals surface area (Å²) in [5, 5.41) is 1.71. The molecule has 1 aromatic carbocycles. The molecule has 0 bridgehead atoms. The van der Waals surface area contributed by atoms with Crippen LogP contribution in [0, 0.1) is 0 Å². The maximum atomic E-state index is 6.27. The molecule has 2 rings (SSSR count). The Bertz CT molecular complexity index is 552. The highest BCUT2D eigenvalue weighted by atomic mass is 79.9. The van der Waals surface area contributed by atoms with Crippen LogP contribution in [0.4, 0.5) is 0 Å². The van der Waals surface area contributed by atoms with Gasteiger partial charge in [0.15, 0.2) is 0 Å².